The van der Waals surface area contributed by atoms with Gasteiger partial charge in [-0.15, -0.1) is 0 Å². The minimum Gasteiger partial charge on any atom is -0.372 e. The highest BCUT2D eigenvalue weighted by molar-refractivity contribution is 9.08. The van der Waals surface area contributed by atoms with Crippen LogP contribution in [0.1, 0.15) is 19.4 Å². The fourth-order valence-corrected chi connectivity index (χ4v) is 2.89. The first kappa shape index (κ1) is 14.3. The SMILES string of the molecule is C[C@@H]1CN(c2ccc([N+](=O)[O-])c(CBr)c2)C[C@H](C)O1. The average molecular weight is 329 g/mol. The molecule has 1 aromatic carbocycles. The molecule has 0 aromatic heterocycles. The maximum absolute atomic E-state index is 10.9. The third-order valence-electron chi connectivity index (χ3n) is 3.19. The number of ether oxygens (including phenoxy) is 1. The van der Waals surface area contributed by atoms with Crippen molar-refractivity contribution in [3.8, 4) is 0 Å². The van der Waals surface area contributed by atoms with E-state index in [0.29, 0.717) is 10.9 Å². The lowest BCUT2D eigenvalue weighted by atomic mass is 10.1. The van der Waals surface area contributed by atoms with Crippen LogP contribution in [-0.2, 0) is 10.1 Å². The van der Waals surface area contributed by atoms with Crippen molar-refractivity contribution < 1.29 is 9.66 Å². The summed E-state index contributed by atoms with van der Waals surface area (Å²) < 4.78 is 5.70. The first-order valence-electron chi connectivity index (χ1n) is 6.25. The number of nitro benzene ring substituents is 1. The van der Waals surface area contributed by atoms with Crippen LogP contribution in [0, 0.1) is 10.1 Å². The molecule has 6 heteroatoms. The van der Waals surface area contributed by atoms with Crippen LogP contribution in [0.15, 0.2) is 18.2 Å². The minimum atomic E-state index is -0.342. The third kappa shape index (κ3) is 3.25. The van der Waals surface area contributed by atoms with Gasteiger partial charge in [-0.25, -0.2) is 0 Å². The Labute approximate surface area is 120 Å². The molecule has 0 aliphatic carbocycles. The molecule has 0 N–H and O–H groups in total. The summed E-state index contributed by atoms with van der Waals surface area (Å²) in [5.41, 5.74) is 1.88. The van der Waals surface area contributed by atoms with E-state index in [-0.39, 0.29) is 22.8 Å². The topological polar surface area (TPSA) is 55.6 Å². The zero-order valence-electron chi connectivity index (χ0n) is 11.0. The molecular formula is C13H17BrN2O3. The Morgan fingerprint density at radius 1 is 1.42 bits per heavy atom. The summed E-state index contributed by atoms with van der Waals surface area (Å²) >= 11 is 3.31. The zero-order valence-corrected chi connectivity index (χ0v) is 12.6. The zero-order chi connectivity index (χ0) is 14.0. The number of morpholine rings is 1. The molecule has 0 spiro atoms. The lowest BCUT2D eigenvalue weighted by Gasteiger charge is -2.37. The molecule has 1 heterocycles. The van der Waals surface area contributed by atoms with Crippen molar-refractivity contribution in [3.63, 3.8) is 0 Å². The number of hydrogen-bond acceptors (Lipinski definition) is 4. The number of nitrogens with zero attached hydrogens (tertiary/aromatic N) is 2. The van der Waals surface area contributed by atoms with Crippen molar-refractivity contribution in [3.05, 3.63) is 33.9 Å². The van der Waals surface area contributed by atoms with Crippen molar-refractivity contribution in [2.75, 3.05) is 18.0 Å². The van der Waals surface area contributed by atoms with Gasteiger partial charge in [-0.3, -0.25) is 10.1 Å². The van der Waals surface area contributed by atoms with Crippen LogP contribution in [0.5, 0.6) is 0 Å². The summed E-state index contributed by atoms with van der Waals surface area (Å²) in [7, 11) is 0. The second kappa shape index (κ2) is 5.88. The van der Waals surface area contributed by atoms with Gasteiger partial charge in [-0.2, -0.15) is 0 Å². The van der Waals surface area contributed by atoms with Crippen molar-refractivity contribution in [1.29, 1.82) is 0 Å². The van der Waals surface area contributed by atoms with E-state index in [1.54, 1.807) is 6.07 Å². The first-order chi connectivity index (χ1) is 9.01. The Hall–Kier alpha value is -1.14. The standard InChI is InChI=1S/C13H17BrN2O3/c1-9-7-15(8-10(2)19-9)12-3-4-13(16(17)18)11(5-12)6-14/h3-5,9-10H,6-8H2,1-2H3/t9-,10+. The van der Waals surface area contributed by atoms with Gasteiger partial charge in [-0.1, -0.05) is 15.9 Å². The summed E-state index contributed by atoms with van der Waals surface area (Å²) in [6, 6.07) is 5.28. The molecular weight excluding hydrogens is 312 g/mol. The van der Waals surface area contributed by atoms with Gasteiger partial charge in [0.1, 0.15) is 0 Å². The van der Waals surface area contributed by atoms with E-state index in [2.05, 4.69) is 20.8 Å². The van der Waals surface area contributed by atoms with Gasteiger partial charge in [0.25, 0.3) is 5.69 Å². The number of benzene rings is 1. The van der Waals surface area contributed by atoms with Crippen molar-refractivity contribution in [2.24, 2.45) is 0 Å². The van der Waals surface area contributed by atoms with Crippen LogP contribution in [0.25, 0.3) is 0 Å². The van der Waals surface area contributed by atoms with Gasteiger partial charge in [0.15, 0.2) is 0 Å². The molecule has 19 heavy (non-hydrogen) atoms. The second-order valence-corrected chi connectivity index (χ2v) is 5.43. The van der Waals surface area contributed by atoms with Crippen LogP contribution in [0.4, 0.5) is 11.4 Å². The molecule has 1 aliphatic heterocycles. The quantitative estimate of drug-likeness (QED) is 0.486. The average Bonchev–Trinajstić information content (AvgIpc) is 2.36. The first-order valence-corrected chi connectivity index (χ1v) is 7.37. The molecule has 5 nitrogen and oxygen atoms in total. The van der Waals surface area contributed by atoms with E-state index in [0.717, 1.165) is 18.8 Å². The fourth-order valence-electron chi connectivity index (χ4n) is 2.44. The second-order valence-electron chi connectivity index (χ2n) is 4.87. The molecule has 104 valence electrons. The highest BCUT2D eigenvalue weighted by Crippen LogP contribution is 2.28. The number of rotatable bonds is 3. The van der Waals surface area contributed by atoms with E-state index < -0.39 is 0 Å². The number of nitro groups is 1. The molecule has 1 aromatic rings. The van der Waals surface area contributed by atoms with Gasteiger partial charge in [0.05, 0.1) is 17.1 Å². The summed E-state index contributed by atoms with van der Waals surface area (Å²) in [5.74, 6) is 0. The van der Waals surface area contributed by atoms with Gasteiger partial charge in [-0.05, 0) is 26.0 Å². The van der Waals surface area contributed by atoms with Gasteiger partial charge in [0, 0.05) is 35.7 Å². The third-order valence-corrected chi connectivity index (χ3v) is 3.79. The van der Waals surface area contributed by atoms with Crippen LogP contribution in [-0.4, -0.2) is 30.2 Å². The molecule has 0 saturated carbocycles. The largest absolute Gasteiger partial charge is 0.372 e. The molecule has 1 fully saturated rings. The van der Waals surface area contributed by atoms with E-state index in [1.165, 1.54) is 0 Å². The van der Waals surface area contributed by atoms with Crippen LogP contribution >= 0.6 is 15.9 Å². The Balaban J connectivity index is 2.27. The monoisotopic (exact) mass is 328 g/mol. The van der Waals surface area contributed by atoms with Crippen molar-refractivity contribution >= 4 is 27.3 Å². The predicted octanol–water partition coefficient (Wildman–Crippen LogP) is 3.10. The molecule has 0 bridgehead atoms. The smallest absolute Gasteiger partial charge is 0.273 e. The van der Waals surface area contributed by atoms with Crippen LogP contribution < -0.4 is 4.90 Å². The van der Waals surface area contributed by atoms with Crippen LogP contribution in [0.3, 0.4) is 0 Å². The molecule has 2 rings (SSSR count). The maximum Gasteiger partial charge on any atom is 0.273 e. The number of halogens is 1. The molecule has 2 atom stereocenters. The minimum absolute atomic E-state index is 0.162. The molecule has 1 saturated heterocycles. The number of alkyl halides is 1. The van der Waals surface area contributed by atoms with Gasteiger partial charge < -0.3 is 9.64 Å². The summed E-state index contributed by atoms with van der Waals surface area (Å²) in [4.78, 5) is 12.8. The molecule has 1 aliphatic rings. The van der Waals surface area contributed by atoms with Crippen LogP contribution in [0.2, 0.25) is 0 Å². The highest BCUT2D eigenvalue weighted by Gasteiger charge is 2.23. The van der Waals surface area contributed by atoms with Gasteiger partial charge in [0.2, 0.25) is 0 Å². The summed E-state index contributed by atoms with van der Waals surface area (Å²) in [5, 5.41) is 11.4. The lowest BCUT2D eigenvalue weighted by Crippen LogP contribution is -2.45. The Bertz CT molecular complexity index is 471. The molecule has 0 unspecified atom stereocenters. The van der Waals surface area contributed by atoms with E-state index >= 15 is 0 Å². The number of hydrogen-bond donors (Lipinski definition) is 0. The van der Waals surface area contributed by atoms with E-state index in [9.17, 15) is 10.1 Å². The lowest BCUT2D eigenvalue weighted by molar-refractivity contribution is -0.385. The normalized spacial score (nSPS) is 23.4. The van der Waals surface area contributed by atoms with E-state index in [1.807, 2.05) is 26.0 Å². The summed E-state index contributed by atoms with van der Waals surface area (Å²) in [6.45, 7) is 5.70. The Morgan fingerprint density at radius 3 is 2.58 bits per heavy atom. The predicted molar refractivity (Wildman–Crippen MR) is 77.9 cm³/mol. The van der Waals surface area contributed by atoms with Crippen molar-refractivity contribution in [2.45, 2.75) is 31.4 Å². The maximum atomic E-state index is 10.9. The Kier molecular flexibility index (Phi) is 4.42. The molecule has 0 radical (unpaired) electrons. The molecule has 0 amide bonds. The number of anilines is 1. The van der Waals surface area contributed by atoms with Gasteiger partial charge >= 0.3 is 0 Å². The fraction of sp³-hybridized carbons (Fsp3) is 0.538. The van der Waals surface area contributed by atoms with E-state index in [4.69, 9.17) is 4.74 Å². The van der Waals surface area contributed by atoms with Crippen molar-refractivity contribution in [1.82, 2.24) is 0 Å². The Morgan fingerprint density at radius 2 is 2.05 bits per heavy atom. The highest BCUT2D eigenvalue weighted by atomic mass is 79.9. The summed E-state index contributed by atoms with van der Waals surface area (Å²) in [6.07, 6.45) is 0.345.